The molecule has 0 radical (unpaired) electrons. The Morgan fingerprint density at radius 3 is 1.29 bits per heavy atom. The summed E-state index contributed by atoms with van der Waals surface area (Å²) in [6.07, 6.45) is 16.3. The van der Waals surface area contributed by atoms with Crippen molar-refractivity contribution < 1.29 is 47.7 Å². The van der Waals surface area contributed by atoms with Gasteiger partial charge in [0.1, 0.15) is 34.9 Å². The molecule has 2 aromatic carbocycles. The van der Waals surface area contributed by atoms with Crippen molar-refractivity contribution in [1.82, 2.24) is 104 Å². The van der Waals surface area contributed by atoms with Gasteiger partial charge >= 0.3 is 24.2 Å². The van der Waals surface area contributed by atoms with Crippen LogP contribution in [0.4, 0.5) is 14.4 Å². The third kappa shape index (κ3) is 34.1. The van der Waals surface area contributed by atoms with Crippen molar-refractivity contribution in [3.8, 4) is 67.5 Å². The van der Waals surface area contributed by atoms with Gasteiger partial charge in [0.05, 0.1) is 82.0 Å². The molecule has 0 spiro atoms. The fourth-order valence-corrected chi connectivity index (χ4v) is 19.4. The molecule has 35 heteroatoms. The van der Waals surface area contributed by atoms with Crippen LogP contribution in [-0.4, -0.2) is 264 Å². The van der Waals surface area contributed by atoms with Crippen LogP contribution in [0, 0.1) is 13.8 Å². The molecule has 0 saturated carbocycles. The molecule has 4 saturated heterocycles. The zero-order chi connectivity index (χ0) is 106. The van der Waals surface area contributed by atoms with E-state index in [9.17, 15) is 24.0 Å². The Bertz CT molecular complexity index is 6500. The first-order valence-electron chi connectivity index (χ1n) is 50.0. The molecule has 0 unspecified atom stereocenters. The van der Waals surface area contributed by atoms with Gasteiger partial charge in [0, 0.05) is 247 Å². The number of methoxy groups -OCH3 is 1. The zero-order valence-electron chi connectivity index (χ0n) is 88.9. The molecular formula is C112H142Br3N21O10Si. The largest absolute Gasteiger partial charge is 0.464 e. The van der Waals surface area contributed by atoms with Crippen molar-refractivity contribution in [2.75, 3.05) is 66.1 Å². The summed E-state index contributed by atoms with van der Waals surface area (Å²) in [5, 5.41) is 8.96. The van der Waals surface area contributed by atoms with E-state index < -0.39 is 30.8 Å². The first-order valence-corrected chi connectivity index (χ1v) is 56.1. The van der Waals surface area contributed by atoms with Crippen LogP contribution in [0.5, 0.6) is 0 Å². The van der Waals surface area contributed by atoms with Gasteiger partial charge in [-0.05, 0) is 295 Å². The highest BCUT2D eigenvalue weighted by atomic mass is 79.9. The van der Waals surface area contributed by atoms with Crippen LogP contribution in [-0.2, 0) is 50.0 Å². The van der Waals surface area contributed by atoms with Crippen molar-refractivity contribution in [1.29, 1.82) is 0 Å². The van der Waals surface area contributed by atoms with E-state index >= 15 is 0 Å². The van der Waals surface area contributed by atoms with Crippen LogP contribution in [0.25, 0.3) is 89.4 Å². The van der Waals surface area contributed by atoms with Gasteiger partial charge in [-0.3, -0.25) is 59.4 Å². The predicted molar refractivity (Wildman–Crippen MR) is 593 cm³/mol. The van der Waals surface area contributed by atoms with E-state index in [4.69, 9.17) is 48.9 Å². The molecule has 3 N–H and O–H groups in total. The number of imidazole rings is 2. The van der Waals surface area contributed by atoms with E-state index in [-0.39, 0.29) is 54.5 Å². The third-order valence-electron chi connectivity index (χ3n) is 24.4. The molecule has 8 atom stereocenters. The van der Waals surface area contributed by atoms with Gasteiger partial charge < -0.3 is 58.6 Å². The van der Waals surface area contributed by atoms with Gasteiger partial charge in [-0.25, -0.2) is 34.1 Å². The molecule has 31 nitrogen and oxygen atoms in total. The lowest BCUT2D eigenvalue weighted by Crippen LogP contribution is -2.59. The van der Waals surface area contributed by atoms with Crippen LogP contribution >= 0.6 is 47.8 Å². The number of ether oxygens (including phenoxy) is 5. The SMILES string of the molecule is COC(=O)c1ccc(Br)cn1.C[C@@H]1CN(Cc2ccc(Br)cn2)C[C@H](C)N1C(=O)OC(C)(C)C.C[C@@H]1CNC[C@H](C)N1C(=O)OC(C)(C)C.Cc1cccc(-c2[nH]cnc2-c2ccc3ncc(-c4ccc(CN5C[C@@H](C)N[C@@H](C)C5)nc4)cc3c2)n1.Cc1cccc(-c2c(-c3ccc4ncc(-c5ccc(CN6C[C@@H](C)N(C(=O)OC(C)(C)C)[C@@H](C)C6)nc5)cc4c3)ncn2COCC[Si](C)(C)C)n1.O=Cc1ccc(Br)cn1. The number of hydrogen-bond donors (Lipinski definition) is 3. The highest BCUT2D eigenvalue weighted by molar-refractivity contribution is 9.11. The Labute approximate surface area is 891 Å². The summed E-state index contributed by atoms with van der Waals surface area (Å²) in [5.41, 5.74) is 17.8. The molecule has 0 aliphatic carbocycles. The first-order chi connectivity index (χ1) is 69.7. The Kier molecular flexibility index (Phi) is 40.1. The number of rotatable bonds is 19. The molecule has 4 aliphatic rings. The maximum absolute atomic E-state index is 12.9. The average Bonchev–Trinajstić information content (AvgIpc) is 1.65. The predicted octanol–water partition coefficient (Wildman–Crippen LogP) is 22.5. The number of fused-ring (bicyclic) bond motifs is 2. The number of amides is 3. The molecule has 0 bridgehead atoms. The van der Waals surface area contributed by atoms with Crippen LogP contribution in [0.3, 0.4) is 0 Å². The minimum absolute atomic E-state index is 0.0393. The van der Waals surface area contributed by atoms with Crippen LogP contribution < -0.4 is 10.6 Å². The number of benzene rings is 2. The number of pyridine rings is 9. The number of carbonyl (C=O) groups is 5. The Morgan fingerprint density at radius 2 is 0.864 bits per heavy atom. The Morgan fingerprint density at radius 1 is 0.449 bits per heavy atom. The summed E-state index contributed by atoms with van der Waals surface area (Å²) < 4.78 is 32.0. The van der Waals surface area contributed by atoms with Crippen molar-refractivity contribution in [3.63, 3.8) is 0 Å². The molecule has 780 valence electrons. The van der Waals surface area contributed by atoms with Crippen molar-refractivity contribution in [2.24, 2.45) is 0 Å². The summed E-state index contributed by atoms with van der Waals surface area (Å²) >= 11 is 9.80. The van der Waals surface area contributed by atoms with Crippen LogP contribution in [0.15, 0.2) is 215 Å². The molecule has 17 rings (SSSR count). The van der Waals surface area contributed by atoms with E-state index in [1.165, 1.54) is 7.11 Å². The molecule has 13 aromatic rings. The lowest BCUT2D eigenvalue weighted by molar-refractivity contribution is -0.0174. The standard InChI is InChI=1S/C41H53N7O3Si.C30H31N7.C17H26BrN3O2.C11H22N2O2.C7H6BrNO2.C6H4BrNO/c1-28-11-10-12-37(45-28)39-38(44-26-47(39)27-50-17-18-52(7,8)9)31-14-16-36-33(19-31)20-34(22-43-36)32-13-15-35(42-21-32)25-46-23-29(2)48(30(3)24-46)40(49)51-41(4,5)6;1-19-5-4-6-28(36-19)30-29(33-18-34-30)22-8-10-27-24(11-22)12-25(14-32-27)23-7-9-26(31-13-23)17-37-15-20(2)35-21(3)16-37;1-12-9-20(11-15-7-6-14(18)8-19-15)10-13(2)21(12)16(22)23-17(3,4)5;1-8-6-12-7-9(2)13(8)10(14)15-11(3,4)5;1-11-7(10)6-3-2-5(8)4-9-6;7-5-1-2-6(4-9)8-3-5/h10-16,19-22,26,29-30H,17-18,23-25,27H2,1-9H3;4-14,18,20-21,35H,15-17H2,1-3H3,(H,33,34);6-8,12-13H,9-11H2,1-5H3;8-9,12H,6-7H2,1-5H3;2-4H,1H3;1-4H/t29-,30+;20-,21+;12-,13+;8-,9+;;. The maximum atomic E-state index is 12.9. The number of esters is 1. The van der Waals surface area contributed by atoms with Crippen LogP contribution in [0.2, 0.25) is 25.7 Å². The monoisotopic (exact) mass is 2210 g/mol. The smallest absolute Gasteiger partial charge is 0.410 e. The average molecular weight is 2210 g/mol. The number of aryl methyl sites for hydroxylation is 2. The molecule has 15 heterocycles. The molecule has 147 heavy (non-hydrogen) atoms. The van der Waals surface area contributed by atoms with Gasteiger partial charge in [-0.2, -0.15) is 0 Å². The summed E-state index contributed by atoms with van der Waals surface area (Å²) in [5.74, 6) is -0.419. The third-order valence-corrected chi connectivity index (χ3v) is 27.5. The van der Waals surface area contributed by atoms with Gasteiger partial charge in [0.15, 0.2) is 6.29 Å². The summed E-state index contributed by atoms with van der Waals surface area (Å²) in [6, 6.07) is 51.1. The van der Waals surface area contributed by atoms with E-state index in [0.29, 0.717) is 43.0 Å². The number of aromatic nitrogens is 13. The minimum Gasteiger partial charge on any atom is -0.464 e. The topological polar surface area (TPSA) is 338 Å². The van der Waals surface area contributed by atoms with Crippen molar-refractivity contribution >= 4 is 108 Å². The number of aldehydes is 1. The fourth-order valence-electron chi connectivity index (χ4n) is 17.9. The summed E-state index contributed by atoms with van der Waals surface area (Å²) in [7, 11) is 0.126. The van der Waals surface area contributed by atoms with Gasteiger partial charge in [-0.15, -0.1) is 0 Å². The summed E-state index contributed by atoms with van der Waals surface area (Å²) in [6.45, 7) is 55.5. The number of H-pyrrole nitrogens is 1. The second-order valence-corrected chi connectivity index (χ2v) is 50.7. The number of hydrogen-bond acceptors (Lipinski definition) is 26. The second kappa shape index (κ2) is 51.8. The normalized spacial score (nSPS) is 18.3. The molecule has 3 amide bonds. The van der Waals surface area contributed by atoms with E-state index in [1.807, 2.05) is 197 Å². The first kappa shape index (κ1) is 114. The zero-order valence-corrected chi connectivity index (χ0v) is 94.7. The Hall–Kier alpha value is -11.9. The number of nitrogens with one attached hydrogen (secondary N) is 3. The molecule has 11 aromatic heterocycles. The van der Waals surface area contributed by atoms with E-state index in [1.54, 1.807) is 43.0 Å². The molecule has 4 fully saturated rings. The lowest BCUT2D eigenvalue weighted by Gasteiger charge is -2.44. The fraction of sp³-hybridized carbons (Fsp3) is 0.429. The van der Waals surface area contributed by atoms with Gasteiger partial charge in [0.25, 0.3) is 0 Å². The van der Waals surface area contributed by atoms with Crippen LogP contribution in [0.1, 0.15) is 167 Å². The quantitative estimate of drug-likeness (QED) is 0.0222. The Balaban J connectivity index is 0.000000174. The number of nitrogens with zero attached hydrogens (tertiary/aromatic N) is 18. The highest BCUT2D eigenvalue weighted by Gasteiger charge is 2.39. The number of piperazine rings is 4. The van der Waals surface area contributed by atoms with Gasteiger partial charge in [-0.1, -0.05) is 56.0 Å². The summed E-state index contributed by atoms with van der Waals surface area (Å²) in [4.78, 5) is 124. The van der Waals surface area contributed by atoms with Crippen molar-refractivity contribution in [2.45, 2.75) is 249 Å². The van der Waals surface area contributed by atoms with Crippen molar-refractivity contribution in [3.05, 3.63) is 255 Å². The number of aromatic amines is 1. The second-order valence-electron chi connectivity index (χ2n) is 42.4. The van der Waals surface area contributed by atoms with E-state index in [2.05, 4.69) is 240 Å². The van der Waals surface area contributed by atoms with E-state index in [0.717, 1.165) is 209 Å². The molecule has 4 aliphatic heterocycles. The van der Waals surface area contributed by atoms with Gasteiger partial charge in [0.2, 0.25) is 0 Å². The molecular weight excluding hydrogens is 2070 g/mol. The number of carbonyl (C=O) groups excluding carboxylic acids is 5. The minimum atomic E-state index is -1.20. The highest BCUT2D eigenvalue weighted by Crippen LogP contribution is 2.37. The number of halogens is 3. The lowest BCUT2D eigenvalue weighted by atomic mass is 10.0. The maximum Gasteiger partial charge on any atom is 0.410 e.